The summed E-state index contributed by atoms with van der Waals surface area (Å²) in [5, 5.41) is 10.2. The van der Waals surface area contributed by atoms with E-state index in [0.717, 1.165) is 31.5 Å². The molecule has 1 unspecified atom stereocenters. The van der Waals surface area contributed by atoms with Crippen LogP contribution in [0.2, 0.25) is 0 Å². The van der Waals surface area contributed by atoms with Gasteiger partial charge in [-0.2, -0.15) is 0 Å². The minimum absolute atomic E-state index is 0.0361. The van der Waals surface area contributed by atoms with E-state index in [4.69, 9.17) is 0 Å². The molecule has 1 aromatic carbocycles. The monoisotopic (exact) mass is 338 g/mol. The Hall–Kier alpha value is -2.20. The number of benzene rings is 1. The molecule has 1 fully saturated rings. The average Bonchev–Trinajstić information content (AvgIpc) is 2.63. The summed E-state index contributed by atoms with van der Waals surface area (Å²) in [4.78, 5) is 19.1. The van der Waals surface area contributed by atoms with Crippen LogP contribution < -0.4 is 0 Å². The van der Waals surface area contributed by atoms with Crippen LogP contribution in [0.1, 0.15) is 40.2 Å². The maximum atomic E-state index is 12.9. The van der Waals surface area contributed by atoms with E-state index in [1.54, 1.807) is 6.07 Å². The zero-order valence-electron chi connectivity index (χ0n) is 15.0. The van der Waals surface area contributed by atoms with Gasteiger partial charge in [0, 0.05) is 24.2 Å². The van der Waals surface area contributed by atoms with Crippen molar-refractivity contribution >= 4 is 5.91 Å². The number of rotatable bonds is 4. The van der Waals surface area contributed by atoms with E-state index >= 15 is 0 Å². The molecule has 1 saturated heterocycles. The van der Waals surface area contributed by atoms with E-state index in [9.17, 15) is 9.90 Å². The summed E-state index contributed by atoms with van der Waals surface area (Å²) in [6.07, 6.45) is 2.63. The molecule has 0 saturated carbocycles. The van der Waals surface area contributed by atoms with Gasteiger partial charge in [0.15, 0.2) is 0 Å². The normalized spacial score (nSPS) is 20.5. The van der Waals surface area contributed by atoms with Crippen LogP contribution in [0, 0.1) is 19.3 Å². The quantitative estimate of drug-likeness (QED) is 0.932. The maximum Gasteiger partial charge on any atom is 0.272 e. The molecule has 0 bridgehead atoms. The number of likely N-dealkylation sites (tertiary alicyclic amines) is 1. The van der Waals surface area contributed by atoms with E-state index in [2.05, 4.69) is 24.0 Å². The first-order valence-corrected chi connectivity index (χ1v) is 8.91. The summed E-state index contributed by atoms with van der Waals surface area (Å²) < 4.78 is 0. The van der Waals surface area contributed by atoms with Crippen molar-refractivity contribution in [1.82, 2.24) is 9.88 Å². The SMILES string of the molecule is Cc1cccc(C(=O)N2CCCC(CO)(Cc3ccccc3C)C2)n1. The molecule has 2 aromatic rings. The lowest BCUT2D eigenvalue weighted by Gasteiger charge is -2.42. The highest BCUT2D eigenvalue weighted by Crippen LogP contribution is 2.34. The van der Waals surface area contributed by atoms with Crippen LogP contribution in [0.25, 0.3) is 0 Å². The summed E-state index contributed by atoms with van der Waals surface area (Å²) >= 11 is 0. The van der Waals surface area contributed by atoms with Gasteiger partial charge in [-0.1, -0.05) is 30.3 Å². The number of aliphatic hydroxyl groups excluding tert-OH is 1. The van der Waals surface area contributed by atoms with Gasteiger partial charge in [-0.15, -0.1) is 0 Å². The zero-order chi connectivity index (χ0) is 17.9. The summed E-state index contributed by atoms with van der Waals surface area (Å²) in [6.45, 7) is 5.38. The Bertz CT molecular complexity index is 759. The van der Waals surface area contributed by atoms with Gasteiger partial charge in [-0.25, -0.2) is 4.98 Å². The van der Waals surface area contributed by atoms with Crippen molar-refractivity contribution in [1.29, 1.82) is 0 Å². The van der Waals surface area contributed by atoms with Crippen LogP contribution in [-0.2, 0) is 6.42 Å². The summed E-state index contributed by atoms with van der Waals surface area (Å²) in [6, 6.07) is 13.8. The topological polar surface area (TPSA) is 53.4 Å². The average molecular weight is 338 g/mol. The predicted molar refractivity (Wildman–Crippen MR) is 98.5 cm³/mol. The minimum Gasteiger partial charge on any atom is -0.396 e. The summed E-state index contributed by atoms with van der Waals surface area (Å²) in [5.41, 5.74) is 3.55. The molecule has 1 aliphatic rings. The van der Waals surface area contributed by atoms with E-state index in [0.29, 0.717) is 12.2 Å². The Morgan fingerprint density at radius 1 is 1.20 bits per heavy atom. The van der Waals surface area contributed by atoms with Crippen LogP contribution in [0.15, 0.2) is 42.5 Å². The van der Waals surface area contributed by atoms with Crippen LogP contribution in [-0.4, -0.2) is 40.6 Å². The lowest BCUT2D eigenvalue weighted by atomic mass is 9.75. The first-order valence-electron chi connectivity index (χ1n) is 8.91. The third-order valence-electron chi connectivity index (χ3n) is 5.22. The number of aliphatic hydroxyl groups is 1. The number of nitrogens with zero attached hydrogens (tertiary/aromatic N) is 2. The number of hydrogen-bond donors (Lipinski definition) is 1. The first kappa shape index (κ1) is 17.6. The van der Waals surface area contributed by atoms with Gasteiger partial charge in [0.1, 0.15) is 5.69 Å². The highest BCUT2D eigenvalue weighted by atomic mass is 16.3. The molecule has 1 amide bonds. The minimum atomic E-state index is -0.274. The molecule has 2 heterocycles. The second-order valence-electron chi connectivity index (χ2n) is 7.26. The Morgan fingerprint density at radius 2 is 2.00 bits per heavy atom. The van der Waals surface area contributed by atoms with Gasteiger partial charge in [0.2, 0.25) is 0 Å². The van der Waals surface area contributed by atoms with E-state index in [1.807, 2.05) is 36.1 Å². The number of carbonyl (C=O) groups is 1. The van der Waals surface area contributed by atoms with Gasteiger partial charge in [-0.3, -0.25) is 4.79 Å². The number of pyridine rings is 1. The van der Waals surface area contributed by atoms with Gasteiger partial charge >= 0.3 is 0 Å². The lowest BCUT2D eigenvalue weighted by Crippen LogP contribution is -2.49. The number of piperidine rings is 1. The largest absolute Gasteiger partial charge is 0.396 e. The molecule has 1 atom stereocenters. The zero-order valence-corrected chi connectivity index (χ0v) is 15.0. The molecular weight excluding hydrogens is 312 g/mol. The third-order valence-corrected chi connectivity index (χ3v) is 5.22. The fourth-order valence-corrected chi connectivity index (χ4v) is 3.75. The summed E-state index contributed by atoms with van der Waals surface area (Å²) in [7, 11) is 0. The maximum absolute atomic E-state index is 12.9. The Morgan fingerprint density at radius 3 is 2.72 bits per heavy atom. The molecule has 1 N–H and O–H groups in total. The van der Waals surface area contributed by atoms with Crippen LogP contribution in [0.4, 0.5) is 0 Å². The molecule has 25 heavy (non-hydrogen) atoms. The molecular formula is C21H26N2O2. The number of amides is 1. The highest BCUT2D eigenvalue weighted by Gasteiger charge is 2.37. The van der Waals surface area contributed by atoms with Crippen molar-refractivity contribution in [2.45, 2.75) is 33.1 Å². The van der Waals surface area contributed by atoms with Crippen molar-refractivity contribution in [3.63, 3.8) is 0 Å². The smallest absolute Gasteiger partial charge is 0.272 e. The number of carbonyl (C=O) groups excluding carboxylic acids is 1. The van der Waals surface area contributed by atoms with E-state index in [1.165, 1.54) is 11.1 Å². The fourth-order valence-electron chi connectivity index (χ4n) is 3.75. The molecule has 0 radical (unpaired) electrons. The molecule has 0 spiro atoms. The van der Waals surface area contributed by atoms with Gasteiger partial charge < -0.3 is 10.0 Å². The lowest BCUT2D eigenvalue weighted by molar-refractivity contribution is 0.0267. The van der Waals surface area contributed by atoms with Crippen molar-refractivity contribution < 1.29 is 9.90 Å². The number of aromatic nitrogens is 1. The third kappa shape index (κ3) is 3.90. The summed E-state index contributed by atoms with van der Waals surface area (Å²) in [5.74, 6) is -0.0361. The van der Waals surface area contributed by atoms with E-state index < -0.39 is 0 Å². The van der Waals surface area contributed by atoms with Crippen LogP contribution >= 0.6 is 0 Å². The first-order chi connectivity index (χ1) is 12.0. The Balaban J connectivity index is 1.80. The van der Waals surface area contributed by atoms with Crippen molar-refractivity contribution in [3.8, 4) is 0 Å². The van der Waals surface area contributed by atoms with E-state index in [-0.39, 0.29) is 17.9 Å². The highest BCUT2D eigenvalue weighted by molar-refractivity contribution is 5.92. The van der Waals surface area contributed by atoms with Gasteiger partial charge in [0.25, 0.3) is 5.91 Å². The Kier molecular flexibility index (Phi) is 5.19. The second-order valence-corrected chi connectivity index (χ2v) is 7.26. The van der Waals surface area contributed by atoms with Crippen LogP contribution in [0.5, 0.6) is 0 Å². The molecule has 1 aromatic heterocycles. The Labute approximate surface area is 149 Å². The standard InChI is InChI=1S/C21H26N2O2/c1-16-7-3-4-9-18(16)13-21(15-24)11-6-12-23(14-21)20(25)19-10-5-8-17(2)22-19/h3-5,7-10,24H,6,11-15H2,1-2H3. The molecule has 132 valence electrons. The van der Waals surface area contributed by atoms with Crippen molar-refractivity contribution in [3.05, 3.63) is 65.0 Å². The second kappa shape index (κ2) is 7.36. The molecule has 4 heteroatoms. The fraction of sp³-hybridized carbons (Fsp3) is 0.429. The van der Waals surface area contributed by atoms with Crippen molar-refractivity contribution in [2.24, 2.45) is 5.41 Å². The van der Waals surface area contributed by atoms with Crippen LogP contribution in [0.3, 0.4) is 0 Å². The molecule has 4 nitrogen and oxygen atoms in total. The number of aryl methyl sites for hydroxylation is 2. The van der Waals surface area contributed by atoms with Gasteiger partial charge in [0.05, 0.1) is 6.61 Å². The molecule has 3 rings (SSSR count). The predicted octanol–water partition coefficient (Wildman–Crippen LogP) is 3.16. The number of hydrogen-bond acceptors (Lipinski definition) is 3. The molecule has 1 aliphatic heterocycles. The van der Waals surface area contributed by atoms with Gasteiger partial charge in [-0.05, 0) is 56.4 Å². The molecule has 0 aliphatic carbocycles. The van der Waals surface area contributed by atoms with Crippen molar-refractivity contribution in [2.75, 3.05) is 19.7 Å².